The number of carbonyl (C=O) groups is 5. The van der Waals surface area contributed by atoms with E-state index in [0.29, 0.717) is 31.8 Å². The van der Waals surface area contributed by atoms with Gasteiger partial charge in [0.15, 0.2) is 0 Å². The van der Waals surface area contributed by atoms with Crippen LogP contribution < -0.4 is 21.7 Å². The minimum atomic E-state index is -1.01. The fourth-order valence-electron chi connectivity index (χ4n) is 6.40. The Morgan fingerprint density at radius 3 is 2.32 bits per heavy atom. The number of amides is 5. The average Bonchev–Trinajstić information content (AvgIpc) is 3.13. The third kappa shape index (κ3) is 5.91. The highest BCUT2D eigenvalue weighted by atomic mass is 16.6. The summed E-state index contributed by atoms with van der Waals surface area (Å²) in [6.45, 7) is 10.4. The van der Waals surface area contributed by atoms with Crippen LogP contribution in [0.1, 0.15) is 73.1 Å². The Labute approximate surface area is 224 Å². The van der Waals surface area contributed by atoms with Gasteiger partial charge in [0.1, 0.15) is 23.7 Å². The Balaban J connectivity index is 1.50. The highest BCUT2D eigenvalue weighted by molar-refractivity contribution is 5.95. The molecule has 5 amide bonds. The number of nitrogens with zero attached hydrogens (tertiary/aromatic N) is 1. The molecule has 5 N–H and O–H groups in total. The summed E-state index contributed by atoms with van der Waals surface area (Å²) < 4.78 is 5.42. The van der Waals surface area contributed by atoms with Crippen LogP contribution in [-0.2, 0) is 23.9 Å². The number of hydrogen-bond donors (Lipinski definition) is 4. The highest BCUT2D eigenvalue weighted by Gasteiger charge is 2.69. The van der Waals surface area contributed by atoms with Crippen molar-refractivity contribution in [3.8, 4) is 0 Å². The van der Waals surface area contributed by atoms with E-state index in [1.165, 1.54) is 0 Å². The summed E-state index contributed by atoms with van der Waals surface area (Å²) in [5, 5.41) is 8.26. The number of piperidine rings is 1. The van der Waals surface area contributed by atoms with Crippen molar-refractivity contribution in [2.75, 3.05) is 13.1 Å². The molecule has 0 aromatic heterocycles. The standard InChI is InChI=1S/C27H43N5O6/c1-26(2,3)38-25(37)31-18(11-14-7-6-8-14)24(36)32-13-16-19(27(16,4)5)20(32)23(35)30-17(21(28)33)12-15-9-10-29-22(15)34/h14-20H,6-13H2,1-5H3,(H2,28,33)(H,29,34)(H,30,35)(H,31,37)/t15-,16-,17-,18?,19-,20?/m0/s1. The number of fused-ring (bicyclic) bond motifs is 1. The number of nitrogens with one attached hydrogen (secondary N) is 3. The lowest BCUT2D eigenvalue weighted by Crippen LogP contribution is -2.58. The van der Waals surface area contributed by atoms with Crippen molar-refractivity contribution in [3.05, 3.63) is 0 Å². The van der Waals surface area contributed by atoms with Crippen LogP contribution in [0.15, 0.2) is 0 Å². The van der Waals surface area contributed by atoms with Gasteiger partial charge in [0.2, 0.25) is 23.6 Å². The van der Waals surface area contributed by atoms with Gasteiger partial charge in [-0.05, 0) is 63.2 Å². The molecule has 38 heavy (non-hydrogen) atoms. The number of likely N-dealkylation sites (tertiary alicyclic amines) is 1. The normalized spacial score (nSPS) is 29.4. The van der Waals surface area contributed by atoms with Gasteiger partial charge in [-0.25, -0.2) is 4.79 Å². The van der Waals surface area contributed by atoms with Crippen LogP contribution in [-0.4, -0.2) is 71.4 Å². The highest BCUT2D eigenvalue weighted by Crippen LogP contribution is 2.65. The van der Waals surface area contributed by atoms with Crippen LogP contribution in [0.25, 0.3) is 0 Å². The zero-order chi connectivity index (χ0) is 28.0. The van der Waals surface area contributed by atoms with Gasteiger partial charge in [0, 0.05) is 19.0 Å². The van der Waals surface area contributed by atoms with Gasteiger partial charge in [-0.3, -0.25) is 19.2 Å². The molecule has 11 heteroatoms. The van der Waals surface area contributed by atoms with E-state index in [1.807, 2.05) is 0 Å². The number of ether oxygens (including phenoxy) is 1. The summed E-state index contributed by atoms with van der Waals surface area (Å²) >= 11 is 0. The van der Waals surface area contributed by atoms with E-state index in [-0.39, 0.29) is 35.5 Å². The van der Waals surface area contributed by atoms with Gasteiger partial charge in [0.05, 0.1) is 0 Å². The molecule has 4 fully saturated rings. The largest absolute Gasteiger partial charge is 0.444 e. The van der Waals surface area contributed by atoms with Crippen molar-refractivity contribution in [2.24, 2.45) is 34.8 Å². The monoisotopic (exact) mass is 533 g/mol. The number of primary amides is 1. The Morgan fingerprint density at radius 1 is 1.11 bits per heavy atom. The number of carbonyl (C=O) groups excluding carboxylic acids is 5. The quantitative estimate of drug-likeness (QED) is 0.347. The predicted molar refractivity (Wildman–Crippen MR) is 138 cm³/mol. The van der Waals surface area contributed by atoms with Crippen molar-refractivity contribution >= 4 is 29.7 Å². The summed E-state index contributed by atoms with van der Waals surface area (Å²) in [7, 11) is 0. The number of rotatable bonds is 9. The molecule has 0 aromatic rings. The zero-order valence-electron chi connectivity index (χ0n) is 23.2. The molecular weight excluding hydrogens is 490 g/mol. The number of hydrogen-bond acceptors (Lipinski definition) is 6. The maximum absolute atomic E-state index is 13.9. The van der Waals surface area contributed by atoms with Crippen LogP contribution in [0.5, 0.6) is 0 Å². The molecule has 6 atom stereocenters. The van der Waals surface area contributed by atoms with Crippen LogP contribution in [0, 0.1) is 29.1 Å². The Bertz CT molecular complexity index is 987. The third-order valence-corrected chi connectivity index (χ3v) is 8.89. The van der Waals surface area contributed by atoms with E-state index in [0.717, 1.165) is 19.3 Å². The predicted octanol–water partition coefficient (Wildman–Crippen LogP) is 1.05. The second-order valence-electron chi connectivity index (χ2n) is 13.1. The maximum atomic E-state index is 13.9. The zero-order valence-corrected chi connectivity index (χ0v) is 23.2. The SMILES string of the molecule is CC(C)(C)OC(=O)NC(CC1CCC1)C(=O)N1C[C@H]2[C@@H](C1C(=O)N[C@@H](C[C@@H]1CCNC1=O)C(N)=O)C2(C)C. The smallest absolute Gasteiger partial charge is 0.408 e. The topological polar surface area (TPSA) is 160 Å². The Hall–Kier alpha value is -2.85. The lowest BCUT2D eigenvalue weighted by Gasteiger charge is -2.36. The molecule has 2 aliphatic carbocycles. The lowest BCUT2D eigenvalue weighted by molar-refractivity contribution is -0.143. The second-order valence-corrected chi connectivity index (χ2v) is 13.1. The van der Waals surface area contributed by atoms with E-state index in [2.05, 4.69) is 29.8 Å². The van der Waals surface area contributed by atoms with Gasteiger partial charge in [-0.15, -0.1) is 0 Å². The minimum absolute atomic E-state index is 0.0689. The molecule has 2 saturated carbocycles. The number of alkyl carbamates (subject to hydrolysis) is 1. The fraction of sp³-hybridized carbons (Fsp3) is 0.815. The first-order valence-electron chi connectivity index (χ1n) is 13.9. The lowest BCUT2D eigenvalue weighted by atomic mass is 9.80. The van der Waals surface area contributed by atoms with Crippen LogP contribution >= 0.6 is 0 Å². The Morgan fingerprint density at radius 2 is 1.79 bits per heavy atom. The maximum Gasteiger partial charge on any atom is 0.408 e. The van der Waals surface area contributed by atoms with Crippen molar-refractivity contribution in [1.82, 2.24) is 20.9 Å². The van der Waals surface area contributed by atoms with E-state index < -0.39 is 47.6 Å². The molecule has 0 spiro atoms. The van der Waals surface area contributed by atoms with Crippen molar-refractivity contribution in [1.29, 1.82) is 0 Å². The molecule has 2 heterocycles. The molecule has 2 unspecified atom stereocenters. The van der Waals surface area contributed by atoms with E-state index in [1.54, 1.807) is 25.7 Å². The third-order valence-electron chi connectivity index (χ3n) is 8.89. The first-order chi connectivity index (χ1) is 17.7. The molecule has 4 rings (SSSR count). The average molecular weight is 534 g/mol. The van der Waals surface area contributed by atoms with E-state index in [9.17, 15) is 24.0 Å². The molecule has 0 radical (unpaired) electrons. The van der Waals surface area contributed by atoms with Gasteiger partial charge >= 0.3 is 6.09 Å². The summed E-state index contributed by atoms with van der Waals surface area (Å²) in [5.41, 5.74) is 4.76. The van der Waals surface area contributed by atoms with Crippen molar-refractivity contribution in [2.45, 2.75) is 96.9 Å². The van der Waals surface area contributed by atoms with Crippen LogP contribution in [0.3, 0.4) is 0 Å². The molecule has 212 valence electrons. The summed E-state index contributed by atoms with van der Waals surface area (Å²) in [5.74, 6) is -1.62. The fourth-order valence-corrected chi connectivity index (χ4v) is 6.40. The first-order valence-corrected chi connectivity index (χ1v) is 13.9. The van der Waals surface area contributed by atoms with E-state index >= 15 is 0 Å². The minimum Gasteiger partial charge on any atom is -0.444 e. The van der Waals surface area contributed by atoms with E-state index in [4.69, 9.17) is 10.5 Å². The molecule has 2 aliphatic heterocycles. The summed E-state index contributed by atoms with van der Waals surface area (Å²) in [6, 6.07) is -2.61. The summed E-state index contributed by atoms with van der Waals surface area (Å²) in [6.07, 6.45) is 3.61. The second kappa shape index (κ2) is 10.4. The van der Waals surface area contributed by atoms with Gasteiger partial charge in [-0.2, -0.15) is 0 Å². The molecule has 0 bridgehead atoms. The van der Waals surface area contributed by atoms with Gasteiger partial charge in [-0.1, -0.05) is 33.1 Å². The Kier molecular flexibility index (Phi) is 7.69. The summed E-state index contributed by atoms with van der Waals surface area (Å²) in [4.78, 5) is 66.0. The van der Waals surface area contributed by atoms with Crippen LogP contribution in [0.4, 0.5) is 4.79 Å². The van der Waals surface area contributed by atoms with Gasteiger partial charge in [0.25, 0.3) is 0 Å². The van der Waals surface area contributed by atoms with Crippen molar-refractivity contribution in [3.63, 3.8) is 0 Å². The number of nitrogens with two attached hydrogens (primary N) is 1. The van der Waals surface area contributed by atoms with Crippen LogP contribution in [0.2, 0.25) is 0 Å². The molecule has 0 aromatic carbocycles. The molecule has 2 saturated heterocycles. The first kappa shape index (κ1) is 28.2. The molecule has 11 nitrogen and oxygen atoms in total. The molecule has 4 aliphatic rings. The van der Waals surface area contributed by atoms with Crippen molar-refractivity contribution < 1.29 is 28.7 Å². The van der Waals surface area contributed by atoms with Gasteiger partial charge < -0.3 is 31.3 Å². The molecular formula is C27H43N5O6.